The van der Waals surface area contributed by atoms with Crippen molar-refractivity contribution in [1.29, 1.82) is 0 Å². The van der Waals surface area contributed by atoms with Crippen LogP contribution in [-0.2, 0) is 12.6 Å². The summed E-state index contributed by atoms with van der Waals surface area (Å²) in [6.07, 6.45) is -2.44. The highest BCUT2D eigenvalue weighted by molar-refractivity contribution is 9.10. The molecule has 1 saturated heterocycles. The number of urea groups is 1. The SMILES string of the molecule is O=C(Nc1ccc(C(F)(F)F)c(Br)c1)N1C2CCC1c1n[nH]c(=O)cc1C2. The van der Waals surface area contributed by atoms with Crippen LogP contribution >= 0.6 is 15.9 Å². The predicted octanol–water partition coefficient (Wildman–Crippen LogP) is 3.84. The summed E-state index contributed by atoms with van der Waals surface area (Å²) in [5, 5.41) is 9.17. The largest absolute Gasteiger partial charge is 0.417 e. The number of halogens is 4. The topological polar surface area (TPSA) is 78.1 Å². The van der Waals surface area contributed by atoms with E-state index in [0.717, 1.165) is 24.5 Å². The number of carbonyl (C=O) groups is 1. The number of hydrogen-bond donors (Lipinski definition) is 2. The summed E-state index contributed by atoms with van der Waals surface area (Å²) >= 11 is 2.90. The Kier molecular flexibility index (Phi) is 4.25. The lowest BCUT2D eigenvalue weighted by molar-refractivity contribution is -0.138. The Hall–Kier alpha value is -2.36. The van der Waals surface area contributed by atoms with E-state index in [1.54, 1.807) is 4.90 Å². The van der Waals surface area contributed by atoms with Crippen LogP contribution in [0.1, 0.15) is 35.7 Å². The predicted molar refractivity (Wildman–Crippen MR) is 94.3 cm³/mol. The standard InChI is InChI=1S/C17H14BrF3N4O2/c18-12-7-9(1-3-11(12)17(19,20)21)22-16(27)25-10-2-4-13(25)15-8(5-10)6-14(26)23-24-15/h1,3,6-7,10,13H,2,4-5H2,(H,22,27)(H,23,26). The van der Waals surface area contributed by atoms with Gasteiger partial charge in [0.2, 0.25) is 0 Å². The fourth-order valence-corrected chi connectivity index (χ4v) is 4.43. The lowest BCUT2D eigenvalue weighted by atomic mass is 9.99. The first kappa shape index (κ1) is 18.0. The van der Waals surface area contributed by atoms with Gasteiger partial charge in [0.15, 0.2) is 0 Å². The molecule has 2 amide bonds. The number of hydrogen-bond acceptors (Lipinski definition) is 3. The highest BCUT2D eigenvalue weighted by Gasteiger charge is 2.44. The van der Waals surface area contributed by atoms with Crippen molar-refractivity contribution in [3.63, 3.8) is 0 Å². The molecule has 6 nitrogen and oxygen atoms in total. The Labute approximate surface area is 159 Å². The average molecular weight is 443 g/mol. The quantitative estimate of drug-likeness (QED) is 0.703. The van der Waals surface area contributed by atoms with Crippen LogP contribution in [0.3, 0.4) is 0 Å². The molecular formula is C17H14BrF3N4O2. The van der Waals surface area contributed by atoms with Gasteiger partial charge in [-0.3, -0.25) is 4.79 Å². The highest BCUT2D eigenvalue weighted by atomic mass is 79.9. The molecule has 2 bridgehead atoms. The number of benzene rings is 1. The van der Waals surface area contributed by atoms with E-state index in [4.69, 9.17) is 0 Å². The smallest absolute Gasteiger partial charge is 0.313 e. The Morgan fingerprint density at radius 3 is 2.78 bits per heavy atom. The van der Waals surface area contributed by atoms with Gasteiger partial charge in [0.25, 0.3) is 5.56 Å². The van der Waals surface area contributed by atoms with Gasteiger partial charge >= 0.3 is 12.2 Å². The van der Waals surface area contributed by atoms with E-state index in [1.807, 2.05) is 0 Å². The molecule has 4 rings (SSSR count). The van der Waals surface area contributed by atoms with Gasteiger partial charge in [0.05, 0.1) is 17.3 Å². The summed E-state index contributed by atoms with van der Waals surface area (Å²) in [4.78, 5) is 25.9. The van der Waals surface area contributed by atoms with Crippen molar-refractivity contribution >= 4 is 27.6 Å². The Morgan fingerprint density at radius 2 is 2.07 bits per heavy atom. The number of anilines is 1. The van der Waals surface area contributed by atoms with Crippen molar-refractivity contribution in [1.82, 2.24) is 15.1 Å². The van der Waals surface area contributed by atoms with Gasteiger partial charge in [0.1, 0.15) is 0 Å². The van der Waals surface area contributed by atoms with Crippen molar-refractivity contribution in [2.75, 3.05) is 5.32 Å². The van der Waals surface area contributed by atoms with Crippen molar-refractivity contribution in [2.45, 2.75) is 37.5 Å². The minimum absolute atomic E-state index is 0.0658. The number of aromatic amines is 1. The summed E-state index contributed by atoms with van der Waals surface area (Å²) in [5.41, 5.74) is 0.695. The maximum Gasteiger partial charge on any atom is 0.417 e. The van der Waals surface area contributed by atoms with Crippen LogP contribution in [0.15, 0.2) is 33.5 Å². The molecule has 2 aliphatic rings. The average Bonchev–Trinajstić information content (AvgIpc) is 2.89. The molecule has 142 valence electrons. The van der Waals surface area contributed by atoms with Gasteiger partial charge in [-0.05, 0) is 43.0 Å². The zero-order chi connectivity index (χ0) is 19.3. The molecular weight excluding hydrogens is 429 g/mol. The number of aromatic nitrogens is 2. The molecule has 2 atom stereocenters. The number of H-pyrrole nitrogens is 1. The van der Waals surface area contributed by atoms with Crippen LogP contribution < -0.4 is 10.9 Å². The minimum Gasteiger partial charge on any atom is -0.313 e. The molecule has 1 fully saturated rings. The van der Waals surface area contributed by atoms with Crippen LogP contribution in [0.4, 0.5) is 23.7 Å². The number of alkyl halides is 3. The molecule has 3 heterocycles. The van der Waals surface area contributed by atoms with E-state index >= 15 is 0 Å². The molecule has 2 N–H and O–H groups in total. The minimum atomic E-state index is -4.47. The van der Waals surface area contributed by atoms with Crippen LogP contribution in [0, 0.1) is 0 Å². The number of nitrogens with one attached hydrogen (secondary N) is 2. The molecule has 0 spiro atoms. The van der Waals surface area contributed by atoms with Crippen molar-refractivity contribution < 1.29 is 18.0 Å². The molecule has 2 unspecified atom stereocenters. The second-order valence-corrected chi connectivity index (χ2v) is 7.48. The molecule has 2 aromatic rings. The van der Waals surface area contributed by atoms with Gasteiger partial charge in [0, 0.05) is 22.3 Å². The lowest BCUT2D eigenvalue weighted by Gasteiger charge is -2.35. The van der Waals surface area contributed by atoms with Gasteiger partial charge in [-0.1, -0.05) is 15.9 Å². The van der Waals surface area contributed by atoms with Gasteiger partial charge in [-0.25, -0.2) is 9.89 Å². The van der Waals surface area contributed by atoms with E-state index < -0.39 is 17.8 Å². The number of carbonyl (C=O) groups excluding carboxylic acids is 1. The summed E-state index contributed by atoms with van der Waals surface area (Å²) in [5.74, 6) is 0. The van der Waals surface area contributed by atoms with E-state index in [0.29, 0.717) is 12.1 Å². The summed E-state index contributed by atoms with van der Waals surface area (Å²) in [6, 6.07) is 4.17. The third-order valence-corrected chi connectivity index (χ3v) is 5.61. The molecule has 27 heavy (non-hydrogen) atoms. The zero-order valence-corrected chi connectivity index (χ0v) is 15.4. The lowest BCUT2D eigenvalue weighted by Crippen LogP contribution is -2.45. The maximum absolute atomic E-state index is 12.9. The monoisotopic (exact) mass is 442 g/mol. The Morgan fingerprint density at radius 1 is 1.30 bits per heavy atom. The maximum atomic E-state index is 12.9. The van der Waals surface area contributed by atoms with Crippen molar-refractivity contribution in [3.8, 4) is 0 Å². The van der Waals surface area contributed by atoms with Crippen LogP contribution in [-0.4, -0.2) is 27.2 Å². The van der Waals surface area contributed by atoms with Gasteiger partial charge in [-0.15, -0.1) is 0 Å². The molecule has 1 aromatic heterocycles. The second-order valence-electron chi connectivity index (χ2n) is 6.62. The Balaban J connectivity index is 1.57. The van der Waals surface area contributed by atoms with Crippen LogP contribution in [0.5, 0.6) is 0 Å². The summed E-state index contributed by atoms with van der Waals surface area (Å²) < 4.78 is 38.4. The third-order valence-electron chi connectivity index (χ3n) is 4.95. The number of nitrogens with zero attached hydrogens (tertiary/aromatic N) is 2. The number of amides is 2. The van der Waals surface area contributed by atoms with E-state index in [2.05, 4.69) is 31.4 Å². The molecule has 0 radical (unpaired) electrons. The van der Waals surface area contributed by atoms with E-state index in [9.17, 15) is 22.8 Å². The number of rotatable bonds is 1. The number of fused-ring (bicyclic) bond motifs is 4. The first-order chi connectivity index (χ1) is 12.7. The summed E-state index contributed by atoms with van der Waals surface area (Å²) in [6.45, 7) is 0. The van der Waals surface area contributed by atoms with E-state index in [1.165, 1.54) is 18.2 Å². The van der Waals surface area contributed by atoms with E-state index in [-0.39, 0.29) is 27.8 Å². The Bertz CT molecular complexity index is 975. The van der Waals surface area contributed by atoms with Gasteiger partial charge in [-0.2, -0.15) is 18.3 Å². The molecule has 0 saturated carbocycles. The van der Waals surface area contributed by atoms with Crippen molar-refractivity contribution in [3.05, 3.63) is 55.9 Å². The van der Waals surface area contributed by atoms with Crippen LogP contribution in [0.2, 0.25) is 0 Å². The van der Waals surface area contributed by atoms with Gasteiger partial charge < -0.3 is 10.2 Å². The first-order valence-electron chi connectivity index (χ1n) is 8.28. The molecule has 2 aliphatic heterocycles. The fraction of sp³-hybridized carbons (Fsp3) is 0.353. The summed E-state index contributed by atoms with van der Waals surface area (Å²) in [7, 11) is 0. The highest BCUT2D eigenvalue weighted by Crippen LogP contribution is 2.42. The third kappa shape index (κ3) is 3.22. The van der Waals surface area contributed by atoms with Crippen molar-refractivity contribution in [2.24, 2.45) is 0 Å². The molecule has 10 heteroatoms. The normalized spacial score (nSPS) is 21.1. The zero-order valence-electron chi connectivity index (χ0n) is 13.8. The van der Waals surface area contributed by atoms with Crippen LogP contribution in [0.25, 0.3) is 0 Å². The molecule has 1 aromatic carbocycles. The first-order valence-corrected chi connectivity index (χ1v) is 9.08. The molecule has 0 aliphatic carbocycles. The second kappa shape index (κ2) is 6.36. The fourth-order valence-electron chi connectivity index (χ4n) is 3.83.